The number of halogens is 1. The average Bonchev–Trinajstić information content (AvgIpc) is 2.77. The molecular weight excluding hydrogens is 408 g/mol. The van der Waals surface area contributed by atoms with Crippen LogP contribution in [0.1, 0.15) is 57.2 Å². The molecule has 0 bridgehead atoms. The molecule has 4 N–H and O–H groups in total. The summed E-state index contributed by atoms with van der Waals surface area (Å²) in [6, 6.07) is 13.1. The van der Waals surface area contributed by atoms with Crippen LogP contribution >= 0.6 is 11.6 Å². The fourth-order valence-corrected chi connectivity index (χ4v) is 3.62. The SMILES string of the molecule is CCCNCCCNC(C(=O)Nc1ccc(NCCC)c(CC)c1)c1cccc(Cl)c1. The van der Waals surface area contributed by atoms with Gasteiger partial charge in [0.25, 0.3) is 0 Å². The molecule has 5 nitrogen and oxygen atoms in total. The largest absolute Gasteiger partial charge is 0.385 e. The number of nitrogens with one attached hydrogen (secondary N) is 4. The monoisotopic (exact) mass is 444 g/mol. The minimum absolute atomic E-state index is 0.0832. The number of rotatable bonds is 14. The van der Waals surface area contributed by atoms with E-state index in [1.807, 2.05) is 36.4 Å². The molecular formula is C25H37ClN4O. The molecule has 31 heavy (non-hydrogen) atoms. The van der Waals surface area contributed by atoms with E-state index in [4.69, 9.17) is 11.6 Å². The van der Waals surface area contributed by atoms with Gasteiger partial charge in [0.1, 0.15) is 6.04 Å². The van der Waals surface area contributed by atoms with Crippen LogP contribution in [0.15, 0.2) is 42.5 Å². The minimum Gasteiger partial charge on any atom is -0.385 e. The van der Waals surface area contributed by atoms with Crippen LogP contribution in [0, 0.1) is 0 Å². The van der Waals surface area contributed by atoms with Gasteiger partial charge in [0, 0.05) is 22.9 Å². The molecule has 0 aliphatic carbocycles. The van der Waals surface area contributed by atoms with Crippen molar-refractivity contribution in [1.29, 1.82) is 0 Å². The van der Waals surface area contributed by atoms with Gasteiger partial charge in [-0.15, -0.1) is 0 Å². The molecule has 6 heteroatoms. The van der Waals surface area contributed by atoms with Gasteiger partial charge in [-0.25, -0.2) is 0 Å². The highest BCUT2D eigenvalue weighted by Crippen LogP contribution is 2.24. The van der Waals surface area contributed by atoms with E-state index in [1.165, 1.54) is 5.56 Å². The van der Waals surface area contributed by atoms with Crippen LogP contribution in [0.3, 0.4) is 0 Å². The van der Waals surface area contributed by atoms with Crippen molar-refractivity contribution in [3.05, 3.63) is 58.6 Å². The van der Waals surface area contributed by atoms with Crippen LogP contribution < -0.4 is 21.3 Å². The van der Waals surface area contributed by atoms with E-state index < -0.39 is 6.04 Å². The van der Waals surface area contributed by atoms with Gasteiger partial charge in [-0.3, -0.25) is 4.79 Å². The highest BCUT2D eigenvalue weighted by Gasteiger charge is 2.20. The van der Waals surface area contributed by atoms with Crippen molar-refractivity contribution in [1.82, 2.24) is 10.6 Å². The fraction of sp³-hybridized carbons (Fsp3) is 0.480. The van der Waals surface area contributed by atoms with E-state index in [0.717, 1.165) is 68.8 Å². The second kappa shape index (κ2) is 14.1. The molecule has 0 aliphatic heterocycles. The Morgan fingerprint density at radius 1 is 0.968 bits per heavy atom. The van der Waals surface area contributed by atoms with Gasteiger partial charge in [0.2, 0.25) is 5.91 Å². The topological polar surface area (TPSA) is 65.2 Å². The zero-order chi connectivity index (χ0) is 22.5. The number of carbonyl (C=O) groups is 1. The molecule has 0 radical (unpaired) electrons. The van der Waals surface area contributed by atoms with Crippen LogP contribution in [0.5, 0.6) is 0 Å². The first-order valence-electron chi connectivity index (χ1n) is 11.5. The van der Waals surface area contributed by atoms with Crippen LogP contribution in [0.4, 0.5) is 11.4 Å². The number of hydrogen-bond acceptors (Lipinski definition) is 4. The minimum atomic E-state index is -0.465. The summed E-state index contributed by atoms with van der Waals surface area (Å²) >= 11 is 6.19. The number of carbonyl (C=O) groups excluding carboxylic acids is 1. The molecule has 2 rings (SSSR count). The lowest BCUT2D eigenvalue weighted by atomic mass is 10.0. The number of benzene rings is 2. The van der Waals surface area contributed by atoms with Crippen LogP contribution in [-0.2, 0) is 11.2 Å². The second-order valence-electron chi connectivity index (χ2n) is 7.69. The standard InChI is InChI=1S/C25H37ClN4O/c1-4-13-27-15-8-16-29-24(20-9-7-10-21(26)17-20)25(31)30-22-11-12-23(28-14-5-2)19(6-3)18-22/h7,9-12,17-18,24,27-29H,4-6,8,13-16H2,1-3H3,(H,30,31). The number of aryl methyl sites for hydroxylation is 1. The van der Waals surface area contributed by atoms with Crippen LogP contribution in [-0.4, -0.2) is 32.1 Å². The van der Waals surface area contributed by atoms with Crippen molar-refractivity contribution >= 4 is 28.9 Å². The van der Waals surface area contributed by atoms with Gasteiger partial charge in [-0.1, -0.05) is 44.5 Å². The molecule has 0 heterocycles. The van der Waals surface area contributed by atoms with E-state index in [2.05, 4.69) is 48.1 Å². The molecule has 1 unspecified atom stereocenters. The summed E-state index contributed by atoms with van der Waals surface area (Å²) < 4.78 is 0. The van der Waals surface area contributed by atoms with E-state index in [1.54, 1.807) is 0 Å². The van der Waals surface area contributed by atoms with Gasteiger partial charge in [0.05, 0.1) is 0 Å². The van der Waals surface area contributed by atoms with Gasteiger partial charge in [-0.05, 0) is 86.8 Å². The molecule has 0 aliphatic rings. The third kappa shape index (κ3) is 8.52. The molecule has 0 fully saturated rings. The molecule has 0 spiro atoms. The smallest absolute Gasteiger partial charge is 0.246 e. The highest BCUT2D eigenvalue weighted by atomic mass is 35.5. The van der Waals surface area contributed by atoms with Crippen molar-refractivity contribution in [2.75, 3.05) is 36.8 Å². The zero-order valence-electron chi connectivity index (χ0n) is 19.1. The highest BCUT2D eigenvalue weighted by molar-refractivity contribution is 6.30. The first-order chi connectivity index (χ1) is 15.1. The Bertz CT molecular complexity index is 812. The summed E-state index contributed by atoms with van der Waals surface area (Å²) in [5.41, 5.74) is 4.00. The quantitative estimate of drug-likeness (QED) is 0.295. The lowest BCUT2D eigenvalue weighted by molar-refractivity contribution is -0.118. The lowest BCUT2D eigenvalue weighted by Crippen LogP contribution is -2.34. The Hall–Kier alpha value is -2.08. The summed E-state index contributed by atoms with van der Waals surface area (Å²) in [5.74, 6) is -0.0832. The van der Waals surface area contributed by atoms with E-state index in [-0.39, 0.29) is 5.91 Å². The Morgan fingerprint density at radius 2 is 1.77 bits per heavy atom. The summed E-state index contributed by atoms with van der Waals surface area (Å²) in [6.45, 7) is 10.0. The Labute approximate surface area is 192 Å². The van der Waals surface area contributed by atoms with Crippen molar-refractivity contribution in [3.8, 4) is 0 Å². The van der Waals surface area contributed by atoms with Crippen molar-refractivity contribution in [2.45, 2.75) is 52.5 Å². The van der Waals surface area contributed by atoms with Crippen LogP contribution in [0.2, 0.25) is 5.02 Å². The third-order valence-corrected chi connectivity index (χ3v) is 5.30. The lowest BCUT2D eigenvalue weighted by Gasteiger charge is -2.20. The normalized spacial score (nSPS) is 11.9. The third-order valence-electron chi connectivity index (χ3n) is 5.07. The van der Waals surface area contributed by atoms with Crippen LogP contribution in [0.25, 0.3) is 0 Å². The molecule has 170 valence electrons. The van der Waals surface area contributed by atoms with E-state index in [0.29, 0.717) is 5.02 Å². The maximum atomic E-state index is 13.2. The molecule has 2 aromatic carbocycles. The number of amides is 1. The van der Waals surface area contributed by atoms with Gasteiger partial charge in [0.15, 0.2) is 0 Å². The Morgan fingerprint density at radius 3 is 2.48 bits per heavy atom. The van der Waals surface area contributed by atoms with Gasteiger partial charge in [-0.2, -0.15) is 0 Å². The Kier molecular flexibility index (Phi) is 11.4. The number of anilines is 2. The van der Waals surface area contributed by atoms with E-state index >= 15 is 0 Å². The summed E-state index contributed by atoms with van der Waals surface area (Å²) in [5, 5.41) is 14.0. The summed E-state index contributed by atoms with van der Waals surface area (Å²) in [6.07, 6.45) is 4.04. The Balaban J connectivity index is 2.09. The molecule has 1 atom stereocenters. The van der Waals surface area contributed by atoms with Crippen molar-refractivity contribution in [3.63, 3.8) is 0 Å². The molecule has 0 aromatic heterocycles. The summed E-state index contributed by atoms with van der Waals surface area (Å²) in [4.78, 5) is 13.2. The molecule has 1 amide bonds. The predicted molar refractivity (Wildman–Crippen MR) is 133 cm³/mol. The maximum Gasteiger partial charge on any atom is 0.246 e. The van der Waals surface area contributed by atoms with Crippen molar-refractivity contribution in [2.24, 2.45) is 0 Å². The van der Waals surface area contributed by atoms with E-state index in [9.17, 15) is 4.79 Å². The first kappa shape index (κ1) is 25.2. The predicted octanol–water partition coefficient (Wildman–Crippen LogP) is 5.38. The number of hydrogen-bond donors (Lipinski definition) is 4. The molecule has 0 saturated heterocycles. The first-order valence-corrected chi connectivity index (χ1v) is 11.8. The van der Waals surface area contributed by atoms with Gasteiger partial charge >= 0.3 is 0 Å². The van der Waals surface area contributed by atoms with Gasteiger partial charge < -0.3 is 21.3 Å². The zero-order valence-corrected chi connectivity index (χ0v) is 19.8. The van der Waals surface area contributed by atoms with Crippen molar-refractivity contribution < 1.29 is 4.79 Å². The maximum absolute atomic E-state index is 13.2. The second-order valence-corrected chi connectivity index (χ2v) is 8.12. The fourth-order valence-electron chi connectivity index (χ4n) is 3.42. The molecule has 2 aromatic rings. The molecule has 0 saturated carbocycles. The average molecular weight is 445 g/mol. The summed E-state index contributed by atoms with van der Waals surface area (Å²) in [7, 11) is 0.